The Hall–Kier alpha value is -3.03. The van der Waals surface area contributed by atoms with Gasteiger partial charge >= 0.3 is 0 Å². The Balaban J connectivity index is 1.68. The minimum atomic E-state index is -0.440. The van der Waals surface area contributed by atoms with Crippen LogP contribution in [0, 0.1) is 0 Å². The number of hydrogen-bond donors (Lipinski definition) is 2. The SMILES string of the molecule is O=C1NCCc2nc(C3CCCCN3C(=O)c3cnc[nH]c3=O)ccc21. The third-order valence-corrected chi connectivity index (χ3v) is 4.94. The van der Waals surface area contributed by atoms with Gasteiger partial charge in [0.15, 0.2) is 0 Å². The van der Waals surface area contributed by atoms with E-state index in [-0.39, 0.29) is 23.4 Å². The minimum Gasteiger partial charge on any atom is -0.352 e. The fourth-order valence-electron chi connectivity index (χ4n) is 3.62. The quantitative estimate of drug-likeness (QED) is 0.831. The van der Waals surface area contributed by atoms with E-state index in [9.17, 15) is 14.4 Å². The monoisotopic (exact) mass is 353 g/mol. The highest BCUT2D eigenvalue weighted by Gasteiger charge is 2.32. The van der Waals surface area contributed by atoms with Crippen LogP contribution in [0.3, 0.4) is 0 Å². The Morgan fingerprint density at radius 2 is 2.12 bits per heavy atom. The molecule has 2 N–H and O–H groups in total. The Bertz CT molecular complexity index is 923. The molecule has 1 fully saturated rings. The van der Waals surface area contributed by atoms with E-state index >= 15 is 0 Å². The number of pyridine rings is 1. The number of likely N-dealkylation sites (tertiary alicyclic amines) is 1. The van der Waals surface area contributed by atoms with Crippen LogP contribution < -0.4 is 10.9 Å². The van der Waals surface area contributed by atoms with Gasteiger partial charge in [-0.1, -0.05) is 0 Å². The number of piperidine rings is 1. The molecule has 0 saturated carbocycles. The molecule has 1 saturated heterocycles. The summed E-state index contributed by atoms with van der Waals surface area (Å²) in [6.07, 6.45) is 5.89. The van der Waals surface area contributed by atoms with Crippen LogP contribution in [0.25, 0.3) is 0 Å². The van der Waals surface area contributed by atoms with Crippen LogP contribution in [0.4, 0.5) is 0 Å². The van der Waals surface area contributed by atoms with E-state index in [4.69, 9.17) is 0 Å². The van der Waals surface area contributed by atoms with Crippen molar-refractivity contribution in [2.75, 3.05) is 13.1 Å². The van der Waals surface area contributed by atoms with E-state index in [2.05, 4.69) is 20.3 Å². The molecule has 0 spiro atoms. The zero-order valence-corrected chi connectivity index (χ0v) is 14.2. The number of aromatic amines is 1. The van der Waals surface area contributed by atoms with Crippen LogP contribution in [0.1, 0.15) is 57.4 Å². The average molecular weight is 353 g/mol. The van der Waals surface area contributed by atoms with Crippen LogP contribution in [-0.4, -0.2) is 44.8 Å². The van der Waals surface area contributed by atoms with Crippen molar-refractivity contribution in [2.24, 2.45) is 0 Å². The molecule has 2 amide bonds. The van der Waals surface area contributed by atoms with Gasteiger partial charge in [0.25, 0.3) is 17.4 Å². The van der Waals surface area contributed by atoms with E-state index in [1.807, 2.05) is 6.07 Å². The van der Waals surface area contributed by atoms with Crippen molar-refractivity contribution in [1.82, 2.24) is 25.2 Å². The van der Waals surface area contributed by atoms with Crippen LogP contribution in [-0.2, 0) is 6.42 Å². The molecule has 8 nitrogen and oxygen atoms in total. The lowest BCUT2D eigenvalue weighted by molar-refractivity contribution is 0.0602. The van der Waals surface area contributed by atoms with Gasteiger partial charge in [-0.2, -0.15) is 0 Å². The van der Waals surface area contributed by atoms with E-state index < -0.39 is 5.56 Å². The van der Waals surface area contributed by atoms with Gasteiger partial charge in [0, 0.05) is 25.7 Å². The number of nitrogens with one attached hydrogen (secondary N) is 2. The second kappa shape index (κ2) is 6.70. The van der Waals surface area contributed by atoms with Gasteiger partial charge in [-0.15, -0.1) is 0 Å². The minimum absolute atomic E-state index is 0.0386. The van der Waals surface area contributed by atoms with Crippen molar-refractivity contribution in [1.29, 1.82) is 0 Å². The molecule has 4 rings (SSSR count). The molecule has 2 aromatic heterocycles. The number of nitrogens with zero attached hydrogens (tertiary/aromatic N) is 3. The molecule has 1 unspecified atom stereocenters. The zero-order chi connectivity index (χ0) is 18.1. The summed E-state index contributed by atoms with van der Waals surface area (Å²) in [7, 11) is 0. The van der Waals surface area contributed by atoms with Crippen LogP contribution in [0.15, 0.2) is 29.5 Å². The molecule has 2 aliphatic heterocycles. The number of fused-ring (bicyclic) bond motifs is 1. The Kier molecular flexibility index (Phi) is 4.24. The van der Waals surface area contributed by atoms with Gasteiger partial charge < -0.3 is 15.2 Å². The van der Waals surface area contributed by atoms with Gasteiger partial charge in [-0.3, -0.25) is 19.4 Å². The van der Waals surface area contributed by atoms with Gasteiger partial charge in [-0.25, -0.2) is 4.98 Å². The fraction of sp³-hybridized carbons (Fsp3) is 0.389. The normalized spacial score (nSPS) is 19.6. The molecule has 0 bridgehead atoms. The molecular weight excluding hydrogens is 334 g/mol. The van der Waals surface area contributed by atoms with Gasteiger partial charge in [0.05, 0.1) is 29.3 Å². The van der Waals surface area contributed by atoms with Crippen molar-refractivity contribution in [3.05, 3.63) is 57.5 Å². The fourth-order valence-corrected chi connectivity index (χ4v) is 3.62. The van der Waals surface area contributed by atoms with Gasteiger partial charge in [-0.05, 0) is 31.4 Å². The zero-order valence-electron chi connectivity index (χ0n) is 14.2. The maximum atomic E-state index is 12.9. The summed E-state index contributed by atoms with van der Waals surface area (Å²) >= 11 is 0. The number of amides is 2. The smallest absolute Gasteiger partial charge is 0.263 e. The number of rotatable bonds is 2. The topological polar surface area (TPSA) is 108 Å². The predicted octanol–water partition coefficient (Wildman–Crippen LogP) is 0.818. The Labute approximate surface area is 149 Å². The number of H-pyrrole nitrogens is 1. The first-order chi connectivity index (χ1) is 12.6. The van der Waals surface area contributed by atoms with Crippen molar-refractivity contribution < 1.29 is 9.59 Å². The molecule has 0 aliphatic carbocycles. The van der Waals surface area contributed by atoms with Gasteiger partial charge in [0.1, 0.15) is 5.56 Å². The molecule has 8 heteroatoms. The first-order valence-corrected chi connectivity index (χ1v) is 8.77. The van der Waals surface area contributed by atoms with E-state index in [0.29, 0.717) is 25.1 Å². The Morgan fingerprint density at radius 1 is 1.23 bits per heavy atom. The lowest BCUT2D eigenvalue weighted by atomic mass is 9.96. The maximum Gasteiger partial charge on any atom is 0.263 e. The molecule has 4 heterocycles. The molecule has 2 aliphatic rings. The average Bonchev–Trinajstić information content (AvgIpc) is 2.68. The number of hydrogen-bond acceptors (Lipinski definition) is 5. The van der Waals surface area contributed by atoms with E-state index in [0.717, 1.165) is 30.7 Å². The highest BCUT2D eigenvalue weighted by atomic mass is 16.2. The van der Waals surface area contributed by atoms with Crippen LogP contribution in [0.5, 0.6) is 0 Å². The lowest BCUT2D eigenvalue weighted by Crippen LogP contribution is -2.41. The molecule has 134 valence electrons. The molecule has 0 radical (unpaired) electrons. The highest BCUT2D eigenvalue weighted by molar-refractivity contribution is 5.96. The maximum absolute atomic E-state index is 12.9. The first-order valence-electron chi connectivity index (χ1n) is 8.77. The first kappa shape index (κ1) is 16.4. The summed E-state index contributed by atoms with van der Waals surface area (Å²) < 4.78 is 0. The largest absolute Gasteiger partial charge is 0.352 e. The summed E-state index contributed by atoms with van der Waals surface area (Å²) in [4.78, 5) is 49.5. The molecule has 26 heavy (non-hydrogen) atoms. The molecule has 0 aromatic carbocycles. The van der Waals surface area contributed by atoms with Crippen molar-refractivity contribution >= 4 is 11.8 Å². The number of carbonyl (C=O) groups is 2. The molecule has 2 aromatic rings. The third-order valence-electron chi connectivity index (χ3n) is 4.94. The van der Waals surface area contributed by atoms with Gasteiger partial charge in [0.2, 0.25) is 0 Å². The second-order valence-electron chi connectivity index (χ2n) is 6.54. The number of aromatic nitrogens is 3. The second-order valence-corrected chi connectivity index (χ2v) is 6.54. The summed E-state index contributed by atoms with van der Waals surface area (Å²) in [6.45, 7) is 1.14. The standard InChI is InChI=1S/C18H19N5O3/c24-16-11-4-5-14(22-13(11)6-7-20-16)15-3-1-2-8-23(15)18(26)12-9-19-10-21-17(12)25/h4-5,9-10,15H,1-3,6-8H2,(H,20,24)(H,19,21,25). The number of carbonyl (C=O) groups excluding carboxylic acids is 2. The summed E-state index contributed by atoms with van der Waals surface area (Å²) in [6, 6.07) is 3.39. The lowest BCUT2D eigenvalue weighted by Gasteiger charge is -2.35. The van der Waals surface area contributed by atoms with Crippen LogP contribution >= 0.6 is 0 Å². The van der Waals surface area contributed by atoms with Crippen molar-refractivity contribution in [3.8, 4) is 0 Å². The predicted molar refractivity (Wildman–Crippen MR) is 92.8 cm³/mol. The molecule has 1 atom stereocenters. The third kappa shape index (κ3) is 2.87. The highest BCUT2D eigenvalue weighted by Crippen LogP contribution is 2.31. The summed E-state index contributed by atoms with van der Waals surface area (Å²) in [5, 5.41) is 2.80. The van der Waals surface area contributed by atoms with Crippen LogP contribution in [0.2, 0.25) is 0 Å². The van der Waals surface area contributed by atoms with Crippen molar-refractivity contribution in [3.63, 3.8) is 0 Å². The molecular formula is C18H19N5O3. The summed E-state index contributed by atoms with van der Waals surface area (Å²) in [5.74, 6) is -0.440. The summed E-state index contributed by atoms with van der Waals surface area (Å²) in [5.41, 5.74) is 1.73. The van der Waals surface area contributed by atoms with E-state index in [1.54, 1.807) is 11.0 Å². The van der Waals surface area contributed by atoms with Crippen molar-refractivity contribution in [2.45, 2.75) is 31.7 Å². The Morgan fingerprint density at radius 3 is 2.96 bits per heavy atom. The van der Waals surface area contributed by atoms with E-state index in [1.165, 1.54) is 12.5 Å².